The summed E-state index contributed by atoms with van der Waals surface area (Å²) in [6.45, 7) is 9.22. The van der Waals surface area contributed by atoms with Crippen LogP contribution in [-0.2, 0) is 16.1 Å². The second kappa shape index (κ2) is 9.67. The smallest absolute Gasteiger partial charge is 0.243 e. The topological polar surface area (TPSA) is 45.6 Å². The van der Waals surface area contributed by atoms with Crippen LogP contribution in [0.2, 0.25) is 0 Å². The molecule has 31 heavy (non-hydrogen) atoms. The molecule has 0 spiro atoms. The molecular weight excluding hydrogens is 393 g/mol. The second-order valence-corrected chi connectivity index (χ2v) is 9.28. The van der Waals surface area contributed by atoms with Gasteiger partial charge < -0.3 is 14.4 Å². The molecule has 1 aliphatic rings. The molecule has 1 unspecified atom stereocenters. The summed E-state index contributed by atoms with van der Waals surface area (Å²) >= 11 is 0. The SMILES string of the molecule is CCCCCC(=O)N(CC(=O)N1CCn2cccc2C1c1cccc(F)c1)C(C)(C)C. The van der Waals surface area contributed by atoms with E-state index >= 15 is 0 Å². The van der Waals surface area contributed by atoms with E-state index in [9.17, 15) is 14.0 Å². The number of carbonyl (C=O) groups is 2. The minimum Gasteiger partial charge on any atom is -0.348 e. The maximum Gasteiger partial charge on any atom is 0.243 e. The highest BCUT2D eigenvalue weighted by Gasteiger charge is 2.35. The first kappa shape index (κ1) is 23.0. The van der Waals surface area contributed by atoms with Gasteiger partial charge in [0.2, 0.25) is 11.8 Å². The molecule has 2 heterocycles. The fraction of sp³-hybridized carbons (Fsp3) is 0.520. The maximum atomic E-state index is 14.0. The Bertz CT molecular complexity index is 915. The van der Waals surface area contributed by atoms with Crippen molar-refractivity contribution >= 4 is 11.8 Å². The normalized spacial score (nSPS) is 16.2. The van der Waals surface area contributed by atoms with Gasteiger partial charge >= 0.3 is 0 Å². The molecule has 1 aromatic heterocycles. The summed E-state index contributed by atoms with van der Waals surface area (Å²) < 4.78 is 16.1. The molecule has 1 aromatic carbocycles. The molecule has 3 rings (SSSR count). The summed E-state index contributed by atoms with van der Waals surface area (Å²) in [5, 5.41) is 0. The Hall–Kier alpha value is -2.63. The van der Waals surface area contributed by atoms with Crippen molar-refractivity contribution in [1.82, 2.24) is 14.4 Å². The number of benzene rings is 1. The summed E-state index contributed by atoms with van der Waals surface area (Å²) in [7, 11) is 0. The van der Waals surface area contributed by atoms with Crippen molar-refractivity contribution in [2.75, 3.05) is 13.1 Å². The Morgan fingerprint density at radius 3 is 2.58 bits per heavy atom. The lowest BCUT2D eigenvalue weighted by Crippen LogP contribution is -2.53. The van der Waals surface area contributed by atoms with E-state index in [-0.39, 0.29) is 30.2 Å². The van der Waals surface area contributed by atoms with Crippen LogP contribution in [0.4, 0.5) is 4.39 Å². The minimum atomic E-state index is -0.455. The lowest BCUT2D eigenvalue weighted by atomic mass is 9.99. The van der Waals surface area contributed by atoms with E-state index in [4.69, 9.17) is 0 Å². The lowest BCUT2D eigenvalue weighted by molar-refractivity contribution is -0.146. The zero-order valence-corrected chi connectivity index (χ0v) is 19.1. The first-order valence-electron chi connectivity index (χ1n) is 11.2. The van der Waals surface area contributed by atoms with E-state index in [1.54, 1.807) is 15.9 Å². The van der Waals surface area contributed by atoms with Crippen molar-refractivity contribution in [3.63, 3.8) is 0 Å². The molecule has 5 nitrogen and oxygen atoms in total. The average molecular weight is 428 g/mol. The van der Waals surface area contributed by atoms with Gasteiger partial charge in [0.25, 0.3) is 0 Å². The number of aromatic nitrogens is 1. The summed E-state index contributed by atoms with van der Waals surface area (Å²) in [5.41, 5.74) is 1.25. The van der Waals surface area contributed by atoms with Gasteiger partial charge in [0, 0.05) is 36.9 Å². The first-order valence-corrected chi connectivity index (χ1v) is 11.2. The molecule has 0 fully saturated rings. The largest absolute Gasteiger partial charge is 0.348 e. The van der Waals surface area contributed by atoms with Gasteiger partial charge in [-0.3, -0.25) is 9.59 Å². The molecule has 0 saturated heterocycles. The number of halogens is 1. The van der Waals surface area contributed by atoms with Crippen LogP contribution < -0.4 is 0 Å². The molecule has 168 valence electrons. The van der Waals surface area contributed by atoms with E-state index in [0.717, 1.165) is 30.5 Å². The average Bonchev–Trinajstić information content (AvgIpc) is 3.19. The zero-order chi connectivity index (χ0) is 22.6. The molecule has 1 atom stereocenters. The third-order valence-electron chi connectivity index (χ3n) is 5.92. The van der Waals surface area contributed by atoms with Crippen LogP contribution in [0, 0.1) is 5.82 Å². The minimum absolute atomic E-state index is 0.0111. The van der Waals surface area contributed by atoms with Crippen molar-refractivity contribution in [1.29, 1.82) is 0 Å². The molecule has 2 aromatic rings. The lowest BCUT2D eigenvalue weighted by Gasteiger charge is -2.41. The Labute approximate surface area is 184 Å². The third-order valence-corrected chi connectivity index (χ3v) is 5.92. The predicted octanol–water partition coefficient (Wildman–Crippen LogP) is 4.77. The Kier molecular flexibility index (Phi) is 7.19. The monoisotopic (exact) mass is 427 g/mol. The van der Waals surface area contributed by atoms with E-state index in [1.165, 1.54) is 12.1 Å². The highest BCUT2D eigenvalue weighted by Crippen LogP contribution is 2.33. The Balaban J connectivity index is 1.86. The van der Waals surface area contributed by atoms with Crippen molar-refractivity contribution in [3.8, 4) is 0 Å². The number of hydrogen-bond acceptors (Lipinski definition) is 2. The van der Waals surface area contributed by atoms with Crippen molar-refractivity contribution in [2.24, 2.45) is 0 Å². The van der Waals surface area contributed by atoms with Gasteiger partial charge in [-0.2, -0.15) is 0 Å². The fourth-order valence-corrected chi connectivity index (χ4v) is 4.27. The molecule has 0 saturated carbocycles. The Morgan fingerprint density at radius 1 is 1.13 bits per heavy atom. The second-order valence-electron chi connectivity index (χ2n) is 9.28. The molecule has 0 bridgehead atoms. The number of rotatable bonds is 7. The molecule has 1 aliphatic heterocycles. The van der Waals surface area contributed by atoms with Crippen LogP contribution >= 0.6 is 0 Å². The summed E-state index contributed by atoms with van der Waals surface area (Å²) in [5.74, 6) is -0.423. The van der Waals surface area contributed by atoms with E-state index in [0.29, 0.717) is 19.5 Å². The fourth-order valence-electron chi connectivity index (χ4n) is 4.27. The molecule has 0 aliphatic carbocycles. The highest BCUT2D eigenvalue weighted by molar-refractivity contribution is 5.86. The number of nitrogens with zero attached hydrogens (tertiary/aromatic N) is 3. The summed E-state index contributed by atoms with van der Waals surface area (Å²) in [6, 6.07) is 9.99. The maximum absolute atomic E-state index is 14.0. The van der Waals surface area contributed by atoms with Gasteiger partial charge in [0.05, 0.1) is 6.04 Å². The predicted molar refractivity (Wildman–Crippen MR) is 120 cm³/mol. The van der Waals surface area contributed by atoms with Gasteiger partial charge in [-0.25, -0.2) is 4.39 Å². The Morgan fingerprint density at radius 2 is 1.90 bits per heavy atom. The zero-order valence-electron chi connectivity index (χ0n) is 19.1. The molecular formula is C25H34FN3O2. The van der Waals surface area contributed by atoms with Crippen LogP contribution in [0.25, 0.3) is 0 Å². The highest BCUT2D eigenvalue weighted by atomic mass is 19.1. The van der Waals surface area contributed by atoms with Crippen LogP contribution in [0.1, 0.15) is 70.7 Å². The van der Waals surface area contributed by atoms with Crippen LogP contribution in [-0.4, -0.2) is 44.8 Å². The van der Waals surface area contributed by atoms with E-state index in [2.05, 4.69) is 11.5 Å². The third kappa shape index (κ3) is 5.35. The number of carbonyl (C=O) groups excluding carboxylic acids is 2. The van der Waals surface area contributed by atoms with E-state index in [1.807, 2.05) is 45.2 Å². The standard InChI is InChI=1S/C25H34FN3O2/c1-5-6-7-13-22(30)29(25(2,3)4)18-23(31)28-16-15-27-14-9-12-21(27)24(28)19-10-8-11-20(26)17-19/h8-12,14,17,24H,5-7,13,15-16,18H2,1-4H3. The number of fused-ring (bicyclic) bond motifs is 1. The van der Waals surface area contributed by atoms with E-state index < -0.39 is 5.54 Å². The van der Waals surface area contributed by atoms with Gasteiger partial charge in [-0.15, -0.1) is 0 Å². The molecule has 6 heteroatoms. The molecule has 0 radical (unpaired) electrons. The summed E-state index contributed by atoms with van der Waals surface area (Å²) in [4.78, 5) is 29.9. The molecule has 0 N–H and O–H groups in total. The number of unbranched alkanes of at least 4 members (excludes halogenated alkanes) is 2. The number of hydrogen-bond donors (Lipinski definition) is 0. The van der Waals surface area contributed by atoms with Crippen LogP contribution in [0.5, 0.6) is 0 Å². The van der Waals surface area contributed by atoms with Gasteiger partial charge in [-0.1, -0.05) is 31.9 Å². The van der Waals surface area contributed by atoms with Crippen LogP contribution in [0.15, 0.2) is 42.6 Å². The van der Waals surface area contributed by atoms with Gasteiger partial charge in [0.1, 0.15) is 12.4 Å². The van der Waals surface area contributed by atoms with Crippen molar-refractivity contribution in [3.05, 3.63) is 59.7 Å². The quantitative estimate of drug-likeness (QED) is 0.598. The van der Waals surface area contributed by atoms with Crippen molar-refractivity contribution in [2.45, 2.75) is 71.5 Å². The molecule has 2 amide bonds. The van der Waals surface area contributed by atoms with Crippen molar-refractivity contribution < 1.29 is 14.0 Å². The first-order chi connectivity index (χ1) is 14.7. The number of amides is 2. The van der Waals surface area contributed by atoms with Gasteiger partial charge in [0.15, 0.2) is 0 Å². The van der Waals surface area contributed by atoms with Gasteiger partial charge in [-0.05, 0) is 57.0 Å². The summed E-state index contributed by atoms with van der Waals surface area (Å²) in [6.07, 6.45) is 5.32. The van der Waals surface area contributed by atoms with Crippen LogP contribution in [0.3, 0.4) is 0 Å².